The maximum absolute atomic E-state index is 12.2. The molecule has 0 radical (unpaired) electrons. The summed E-state index contributed by atoms with van der Waals surface area (Å²) in [5.74, 6) is 0.604. The Kier molecular flexibility index (Phi) is 4.38. The first-order valence-electron chi connectivity index (χ1n) is 6.90. The van der Waals surface area contributed by atoms with Crippen LogP contribution in [0.1, 0.15) is 11.8 Å². The maximum Gasteiger partial charge on any atom is 0.253 e. The molecule has 0 fully saturated rings. The molecule has 0 aliphatic heterocycles. The third-order valence-corrected chi connectivity index (χ3v) is 4.65. The zero-order valence-electron chi connectivity index (χ0n) is 12.1. The molecule has 0 atom stereocenters. The van der Waals surface area contributed by atoms with E-state index in [1.54, 1.807) is 30.3 Å². The van der Waals surface area contributed by atoms with Crippen LogP contribution in [0.25, 0.3) is 0 Å². The summed E-state index contributed by atoms with van der Waals surface area (Å²) in [4.78, 5) is 0.222. The van der Waals surface area contributed by atoms with Crippen molar-refractivity contribution in [3.8, 4) is 5.75 Å². The van der Waals surface area contributed by atoms with Crippen molar-refractivity contribution in [3.63, 3.8) is 0 Å². The van der Waals surface area contributed by atoms with Gasteiger partial charge in [0, 0.05) is 0 Å². The Morgan fingerprint density at radius 1 is 0.870 bits per heavy atom. The molecule has 0 N–H and O–H groups in total. The summed E-state index contributed by atoms with van der Waals surface area (Å²) in [6.45, 7) is 0.0857. The molecule has 3 rings (SSSR count). The van der Waals surface area contributed by atoms with Crippen LogP contribution in [0.5, 0.6) is 5.75 Å². The van der Waals surface area contributed by atoms with Gasteiger partial charge in [0.2, 0.25) is 5.89 Å². The highest BCUT2D eigenvalue weighted by atomic mass is 32.2. The Morgan fingerprint density at radius 2 is 1.48 bits per heavy atom. The van der Waals surface area contributed by atoms with Crippen LogP contribution in [0, 0.1) is 0 Å². The number of para-hydroxylation sites is 1. The molecule has 0 aliphatic rings. The number of hydrogen-bond acceptors (Lipinski definition) is 6. The van der Waals surface area contributed by atoms with Crippen molar-refractivity contribution in [3.05, 3.63) is 72.4 Å². The van der Waals surface area contributed by atoms with Gasteiger partial charge >= 0.3 is 0 Å². The first-order valence-corrected chi connectivity index (χ1v) is 8.56. The maximum atomic E-state index is 12.2. The predicted molar refractivity (Wildman–Crippen MR) is 82.4 cm³/mol. The van der Waals surface area contributed by atoms with E-state index >= 15 is 0 Å². The van der Waals surface area contributed by atoms with E-state index in [1.807, 2.05) is 18.2 Å². The first-order chi connectivity index (χ1) is 11.1. The lowest BCUT2D eigenvalue weighted by molar-refractivity contribution is 0.260. The number of benzene rings is 2. The molecule has 0 unspecified atom stereocenters. The van der Waals surface area contributed by atoms with Gasteiger partial charge in [-0.1, -0.05) is 36.4 Å². The van der Waals surface area contributed by atoms with Gasteiger partial charge in [0.1, 0.15) is 11.5 Å². The van der Waals surface area contributed by atoms with Crippen LogP contribution >= 0.6 is 0 Å². The van der Waals surface area contributed by atoms with Crippen molar-refractivity contribution < 1.29 is 17.6 Å². The Bertz CT molecular complexity index is 861. The van der Waals surface area contributed by atoms with Crippen LogP contribution in [0.4, 0.5) is 0 Å². The first kappa shape index (κ1) is 15.2. The Labute approximate surface area is 133 Å². The van der Waals surface area contributed by atoms with Gasteiger partial charge < -0.3 is 9.15 Å². The minimum Gasteiger partial charge on any atom is -0.484 e. The van der Waals surface area contributed by atoms with Gasteiger partial charge in [0.15, 0.2) is 16.4 Å². The third kappa shape index (κ3) is 3.95. The summed E-state index contributed by atoms with van der Waals surface area (Å²) < 4.78 is 35.3. The van der Waals surface area contributed by atoms with E-state index in [2.05, 4.69) is 10.2 Å². The van der Waals surface area contributed by atoms with Gasteiger partial charge in [-0.25, -0.2) is 8.42 Å². The summed E-state index contributed by atoms with van der Waals surface area (Å²) in [7, 11) is -3.50. The average Bonchev–Trinajstić information content (AvgIpc) is 3.01. The van der Waals surface area contributed by atoms with Crippen molar-refractivity contribution in [1.82, 2.24) is 10.2 Å². The molecule has 0 spiro atoms. The third-order valence-electron chi connectivity index (χ3n) is 3.03. The summed E-state index contributed by atoms with van der Waals surface area (Å²) in [5, 5.41) is 7.57. The number of hydrogen-bond donors (Lipinski definition) is 0. The zero-order valence-corrected chi connectivity index (χ0v) is 12.9. The second-order valence-electron chi connectivity index (χ2n) is 4.76. The molecule has 3 aromatic rings. The lowest BCUT2D eigenvalue weighted by Crippen LogP contribution is -2.05. The highest BCUT2D eigenvalue weighted by molar-refractivity contribution is 7.90. The monoisotopic (exact) mass is 330 g/mol. The fraction of sp³-hybridized carbons (Fsp3) is 0.125. The molecule has 0 aliphatic carbocycles. The van der Waals surface area contributed by atoms with E-state index < -0.39 is 9.84 Å². The Balaban J connectivity index is 1.65. The van der Waals surface area contributed by atoms with Crippen LogP contribution in [0.2, 0.25) is 0 Å². The molecule has 1 aromatic heterocycles. The second kappa shape index (κ2) is 6.62. The zero-order chi connectivity index (χ0) is 16.1. The molecule has 0 saturated carbocycles. The van der Waals surface area contributed by atoms with E-state index in [4.69, 9.17) is 9.15 Å². The van der Waals surface area contributed by atoms with Gasteiger partial charge in [-0.2, -0.15) is 0 Å². The topological polar surface area (TPSA) is 82.3 Å². The molecule has 2 aromatic carbocycles. The van der Waals surface area contributed by atoms with Crippen LogP contribution < -0.4 is 4.74 Å². The van der Waals surface area contributed by atoms with E-state index in [9.17, 15) is 8.42 Å². The largest absolute Gasteiger partial charge is 0.484 e. The smallest absolute Gasteiger partial charge is 0.253 e. The minimum atomic E-state index is -3.50. The van der Waals surface area contributed by atoms with Crippen LogP contribution in [0.15, 0.2) is 70.0 Å². The van der Waals surface area contributed by atoms with E-state index in [1.165, 1.54) is 12.1 Å². The predicted octanol–water partition coefficient (Wildman–Crippen LogP) is 2.62. The molecule has 118 valence electrons. The van der Waals surface area contributed by atoms with Gasteiger partial charge in [0.25, 0.3) is 5.89 Å². The molecular weight excluding hydrogens is 316 g/mol. The van der Waals surface area contributed by atoms with Gasteiger partial charge in [-0.15, -0.1) is 10.2 Å². The van der Waals surface area contributed by atoms with E-state index in [-0.39, 0.29) is 29.0 Å². The highest BCUT2D eigenvalue weighted by Crippen LogP contribution is 2.16. The van der Waals surface area contributed by atoms with Gasteiger partial charge in [-0.3, -0.25) is 0 Å². The van der Waals surface area contributed by atoms with Crippen molar-refractivity contribution in [2.24, 2.45) is 0 Å². The molecule has 7 heteroatoms. The lowest BCUT2D eigenvalue weighted by atomic mass is 10.3. The standard InChI is InChI=1S/C16H14N2O4S/c19-23(20,14-9-5-2-6-10-14)12-16-18-17-15(22-16)11-21-13-7-3-1-4-8-13/h1-10H,11-12H2. The van der Waals surface area contributed by atoms with Crippen molar-refractivity contribution >= 4 is 9.84 Å². The summed E-state index contributed by atoms with van der Waals surface area (Å²) in [6, 6.07) is 17.3. The molecule has 0 amide bonds. The van der Waals surface area contributed by atoms with E-state index in [0.29, 0.717) is 5.75 Å². The summed E-state index contributed by atoms with van der Waals surface area (Å²) >= 11 is 0. The van der Waals surface area contributed by atoms with E-state index in [0.717, 1.165) is 0 Å². The Hall–Kier alpha value is -2.67. The second-order valence-corrected chi connectivity index (χ2v) is 6.75. The molecule has 0 saturated heterocycles. The highest BCUT2D eigenvalue weighted by Gasteiger charge is 2.19. The lowest BCUT2D eigenvalue weighted by Gasteiger charge is -2.02. The van der Waals surface area contributed by atoms with Crippen LogP contribution in [-0.2, 0) is 22.2 Å². The number of aromatic nitrogens is 2. The SMILES string of the molecule is O=S(=O)(Cc1nnc(COc2ccccc2)o1)c1ccccc1. The Morgan fingerprint density at radius 3 is 2.17 bits per heavy atom. The molecular formula is C16H14N2O4S. The number of ether oxygens (including phenoxy) is 1. The number of sulfone groups is 1. The number of rotatable bonds is 6. The van der Waals surface area contributed by atoms with Crippen LogP contribution in [-0.4, -0.2) is 18.6 Å². The quantitative estimate of drug-likeness (QED) is 0.691. The van der Waals surface area contributed by atoms with Crippen molar-refractivity contribution in [2.75, 3.05) is 0 Å². The summed E-state index contributed by atoms with van der Waals surface area (Å²) in [5.41, 5.74) is 0. The van der Waals surface area contributed by atoms with Crippen molar-refractivity contribution in [1.29, 1.82) is 0 Å². The molecule has 0 bridgehead atoms. The fourth-order valence-electron chi connectivity index (χ4n) is 1.94. The van der Waals surface area contributed by atoms with Gasteiger partial charge in [-0.05, 0) is 24.3 Å². The van der Waals surface area contributed by atoms with Gasteiger partial charge in [0.05, 0.1) is 4.90 Å². The van der Waals surface area contributed by atoms with Crippen LogP contribution in [0.3, 0.4) is 0 Å². The molecule has 6 nitrogen and oxygen atoms in total. The summed E-state index contributed by atoms with van der Waals surface area (Å²) in [6.07, 6.45) is 0. The number of nitrogens with zero attached hydrogens (tertiary/aromatic N) is 2. The molecule has 23 heavy (non-hydrogen) atoms. The fourth-order valence-corrected chi connectivity index (χ4v) is 3.12. The molecule has 1 heterocycles. The van der Waals surface area contributed by atoms with Crippen molar-refractivity contribution in [2.45, 2.75) is 17.3 Å². The average molecular weight is 330 g/mol. The normalized spacial score (nSPS) is 11.3. The minimum absolute atomic E-state index is 0.0421.